The molecule has 0 amide bonds. The molecule has 0 N–H and O–H groups in total. The lowest BCUT2D eigenvalue weighted by atomic mass is 10.1. The van der Waals surface area contributed by atoms with E-state index in [1.165, 1.54) is 0 Å². The highest BCUT2D eigenvalue weighted by Crippen LogP contribution is 2.39. The summed E-state index contributed by atoms with van der Waals surface area (Å²) in [5.74, 6) is 0. The fraction of sp³-hybridized carbons (Fsp3) is 0.375. The van der Waals surface area contributed by atoms with Crippen molar-refractivity contribution in [3.8, 4) is 0 Å². The zero-order valence-electron chi connectivity index (χ0n) is 7.45. The number of hydrogen-bond acceptors (Lipinski definition) is 1. The van der Waals surface area contributed by atoms with Crippen LogP contribution in [0.5, 0.6) is 0 Å². The molecule has 1 aromatic heterocycles. The minimum atomic E-state index is -4.95. The molecule has 0 aliphatic rings. The number of halogens is 7. The fourth-order valence-corrected chi connectivity index (χ4v) is 1.65. The van der Waals surface area contributed by atoms with E-state index in [0.717, 1.165) is 6.07 Å². The molecule has 0 aromatic carbocycles. The number of pyridine rings is 1. The zero-order valence-corrected chi connectivity index (χ0v) is 9.80. The third-order valence-corrected chi connectivity index (χ3v) is 2.57. The summed E-state index contributed by atoms with van der Waals surface area (Å²) in [7, 11) is 0. The zero-order chi connectivity index (χ0) is 12.5. The normalized spacial score (nSPS) is 12.2. The van der Waals surface area contributed by atoms with Crippen molar-refractivity contribution in [2.75, 3.05) is 0 Å². The molecule has 0 unspecified atom stereocenters. The van der Waals surface area contributed by atoms with Crippen LogP contribution >= 0.6 is 27.5 Å². The Kier molecular flexibility index (Phi) is 4.12. The Labute approximate surface area is 101 Å². The van der Waals surface area contributed by atoms with Crippen LogP contribution in [0.3, 0.4) is 0 Å². The van der Waals surface area contributed by atoms with Gasteiger partial charge >= 0.3 is 6.18 Å². The van der Waals surface area contributed by atoms with Crippen LogP contribution in [-0.4, -0.2) is 4.98 Å². The molecule has 1 aromatic rings. The third-order valence-electron chi connectivity index (χ3n) is 1.68. The van der Waals surface area contributed by atoms with Crippen molar-refractivity contribution >= 4 is 27.5 Å². The Balaban J connectivity index is 3.47. The second-order valence-corrected chi connectivity index (χ2v) is 3.76. The molecule has 0 radical (unpaired) electrons. The van der Waals surface area contributed by atoms with Crippen LogP contribution in [0.15, 0.2) is 6.07 Å². The van der Waals surface area contributed by atoms with Crippen molar-refractivity contribution in [2.45, 2.75) is 17.9 Å². The summed E-state index contributed by atoms with van der Waals surface area (Å²) in [5.41, 5.74) is -2.97. The van der Waals surface area contributed by atoms with Crippen molar-refractivity contribution in [1.82, 2.24) is 4.98 Å². The predicted molar refractivity (Wildman–Crippen MR) is 51.8 cm³/mol. The van der Waals surface area contributed by atoms with Crippen molar-refractivity contribution < 1.29 is 22.0 Å². The topological polar surface area (TPSA) is 12.9 Å². The number of rotatable bonds is 2. The molecule has 8 heteroatoms. The van der Waals surface area contributed by atoms with Crippen molar-refractivity contribution in [2.24, 2.45) is 0 Å². The molecule has 1 heterocycles. The smallest absolute Gasteiger partial charge is 0.247 e. The maximum absolute atomic E-state index is 12.4. The van der Waals surface area contributed by atoms with Gasteiger partial charge in [-0.15, -0.1) is 0 Å². The highest BCUT2D eigenvalue weighted by molar-refractivity contribution is 9.08. The monoisotopic (exact) mass is 323 g/mol. The highest BCUT2D eigenvalue weighted by atomic mass is 79.9. The summed E-state index contributed by atoms with van der Waals surface area (Å²) in [5, 5.41) is -0.633. The van der Waals surface area contributed by atoms with Gasteiger partial charge in [-0.25, -0.2) is 13.8 Å². The van der Waals surface area contributed by atoms with Crippen molar-refractivity contribution in [3.05, 3.63) is 28.0 Å². The van der Waals surface area contributed by atoms with Gasteiger partial charge < -0.3 is 0 Å². The summed E-state index contributed by atoms with van der Waals surface area (Å²) in [6.45, 7) is 0. The Bertz CT molecular complexity index is 393. The average Bonchev–Trinajstić information content (AvgIpc) is 2.14. The van der Waals surface area contributed by atoms with Gasteiger partial charge in [0.2, 0.25) is 0 Å². The van der Waals surface area contributed by atoms with E-state index in [2.05, 4.69) is 20.9 Å². The quantitative estimate of drug-likeness (QED) is 0.573. The van der Waals surface area contributed by atoms with Crippen molar-refractivity contribution in [1.29, 1.82) is 0 Å². The van der Waals surface area contributed by atoms with E-state index in [1.807, 2.05) is 0 Å². The van der Waals surface area contributed by atoms with Gasteiger partial charge in [0.25, 0.3) is 6.43 Å². The van der Waals surface area contributed by atoms with Gasteiger partial charge in [0.05, 0.1) is 16.3 Å². The maximum Gasteiger partial charge on any atom is 0.433 e. The average molecular weight is 324 g/mol. The second-order valence-electron chi connectivity index (χ2n) is 2.79. The fourth-order valence-electron chi connectivity index (χ4n) is 1.07. The first kappa shape index (κ1) is 13.6. The highest BCUT2D eigenvalue weighted by Gasteiger charge is 2.39. The number of hydrogen-bond donors (Lipinski definition) is 0. The summed E-state index contributed by atoms with van der Waals surface area (Å²) in [6, 6.07) is 0.979. The molecule has 0 saturated carbocycles. The third kappa shape index (κ3) is 2.82. The molecule has 0 aliphatic heterocycles. The molecular formula is C8H4BrClF5N. The van der Waals surface area contributed by atoms with E-state index in [1.54, 1.807) is 0 Å². The molecule has 0 atom stereocenters. The first-order chi connectivity index (χ1) is 7.27. The Morgan fingerprint density at radius 2 is 1.94 bits per heavy atom. The van der Waals surface area contributed by atoms with E-state index in [4.69, 9.17) is 11.6 Å². The molecule has 0 saturated heterocycles. The number of aromatic nitrogens is 1. The van der Waals surface area contributed by atoms with Gasteiger partial charge in [-0.05, 0) is 6.07 Å². The number of nitrogens with zero attached hydrogens (tertiary/aromatic N) is 1. The summed E-state index contributed by atoms with van der Waals surface area (Å²) in [6.07, 6.45) is -8.27. The summed E-state index contributed by atoms with van der Waals surface area (Å²) < 4.78 is 62.1. The van der Waals surface area contributed by atoms with E-state index in [0.29, 0.717) is 0 Å². The van der Waals surface area contributed by atoms with Gasteiger partial charge in [0.1, 0.15) is 0 Å². The molecule has 1 rings (SSSR count). The first-order valence-electron chi connectivity index (χ1n) is 3.88. The Hall–Kier alpha value is -0.430. The molecule has 0 spiro atoms. The standard InChI is InChI=1S/C8H4BrClF5N/c9-2-3-1-4(10)5(7(11)12)6(16-3)8(13,14)15/h1,7H,2H2. The largest absolute Gasteiger partial charge is 0.433 e. The van der Waals surface area contributed by atoms with Crippen LogP contribution in [-0.2, 0) is 11.5 Å². The van der Waals surface area contributed by atoms with Crippen LogP contribution < -0.4 is 0 Å². The summed E-state index contributed by atoms with van der Waals surface area (Å²) >= 11 is 8.25. The Morgan fingerprint density at radius 3 is 2.31 bits per heavy atom. The van der Waals surface area contributed by atoms with Gasteiger partial charge in [0.15, 0.2) is 5.69 Å². The van der Waals surface area contributed by atoms with Crippen molar-refractivity contribution in [3.63, 3.8) is 0 Å². The lowest BCUT2D eigenvalue weighted by Crippen LogP contribution is -2.14. The van der Waals surface area contributed by atoms with Crippen LogP contribution in [0.25, 0.3) is 0 Å². The van der Waals surface area contributed by atoms with Crippen LogP contribution in [0.1, 0.15) is 23.4 Å². The molecule has 90 valence electrons. The molecule has 0 fully saturated rings. The minimum Gasteiger partial charge on any atom is -0.247 e. The molecule has 1 nitrogen and oxygen atoms in total. The lowest BCUT2D eigenvalue weighted by molar-refractivity contribution is -0.143. The first-order valence-corrected chi connectivity index (χ1v) is 5.38. The number of alkyl halides is 6. The summed E-state index contributed by atoms with van der Waals surface area (Å²) in [4.78, 5) is 3.11. The van der Waals surface area contributed by atoms with E-state index < -0.39 is 28.9 Å². The van der Waals surface area contributed by atoms with Gasteiger partial charge in [-0.2, -0.15) is 13.2 Å². The second kappa shape index (κ2) is 4.83. The van der Waals surface area contributed by atoms with E-state index >= 15 is 0 Å². The van der Waals surface area contributed by atoms with Gasteiger partial charge in [-0.1, -0.05) is 27.5 Å². The van der Waals surface area contributed by atoms with Gasteiger partial charge in [-0.3, -0.25) is 0 Å². The van der Waals surface area contributed by atoms with Gasteiger partial charge in [0, 0.05) is 5.33 Å². The van der Waals surface area contributed by atoms with E-state index in [9.17, 15) is 22.0 Å². The lowest BCUT2D eigenvalue weighted by Gasteiger charge is -2.13. The van der Waals surface area contributed by atoms with Crippen LogP contribution in [0, 0.1) is 0 Å². The minimum absolute atomic E-state index is 0.000676. The Morgan fingerprint density at radius 1 is 1.38 bits per heavy atom. The maximum atomic E-state index is 12.4. The van der Waals surface area contributed by atoms with E-state index in [-0.39, 0.29) is 11.0 Å². The SMILES string of the molecule is FC(F)c1c(Cl)cc(CBr)nc1C(F)(F)F. The predicted octanol–water partition coefficient (Wildman–Crippen LogP) is 4.59. The molecule has 16 heavy (non-hydrogen) atoms. The van der Waals surface area contributed by atoms with Crippen LogP contribution in [0.4, 0.5) is 22.0 Å². The molecule has 0 bridgehead atoms. The molecule has 0 aliphatic carbocycles. The molecular weight excluding hydrogens is 320 g/mol. The van der Waals surface area contributed by atoms with Crippen LogP contribution in [0.2, 0.25) is 5.02 Å².